The molecule has 0 spiro atoms. The highest BCUT2D eigenvalue weighted by atomic mass is 16.5. The summed E-state index contributed by atoms with van der Waals surface area (Å²) in [5.74, 6) is 0.691. The van der Waals surface area contributed by atoms with Gasteiger partial charge in [0.1, 0.15) is 0 Å². The van der Waals surface area contributed by atoms with Gasteiger partial charge in [-0.2, -0.15) is 0 Å². The molecule has 3 heteroatoms. The third kappa shape index (κ3) is 3.16. The summed E-state index contributed by atoms with van der Waals surface area (Å²) in [6.45, 7) is 6.26. The molecule has 1 aromatic carbocycles. The molecule has 0 amide bonds. The lowest BCUT2D eigenvalue weighted by Crippen LogP contribution is -2.44. The molecule has 1 aromatic rings. The Kier molecular flexibility index (Phi) is 4.16. The van der Waals surface area contributed by atoms with Crippen LogP contribution in [0, 0.1) is 5.92 Å². The summed E-state index contributed by atoms with van der Waals surface area (Å²) < 4.78 is 5.60. The molecule has 0 radical (unpaired) electrons. The van der Waals surface area contributed by atoms with Crippen molar-refractivity contribution in [3.63, 3.8) is 0 Å². The van der Waals surface area contributed by atoms with E-state index in [0.717, 1.165) is 32.7 Å². The predicted octanol–water partition coefficient (Wildman–Crippen LogP) is 1.72. The van der Waals surface area contributed by atoms with Gasteiger partial charge >= 0.3 is 0 Å². The highest BCUT2D eigenvalue weighted by Crippen LogP contribution is 2.19. The summed E-state index contributed by atoms with van der Waals surface area (Å²) in [7, 11) is 0. The average molecular weight is 260 g/mol. The summed E-state index contributed by atoms with van der Waals surface area (Å²) >= 11 is 0. The Bertz CT molecular complexity index is 421. The van der Waals surface area contributed by atoms with Crippen LogP contribution < -0.4 is 10.6 Å². The van der Waals surface area contributed by atoms with Crippen LogP contribution in [0.4, 0.5) is 0 Å². The fourth-order valence-electron chi connectivity index (χ4n) is 3.15. The molecule has 0 saturated carbocycles. The van der Waals surface area contributed by atoms with E-state index in [4.69, 9.17) is 4.74 Å². The van der Waals surface area contributed by atoms with Crippen molar-refractivity contribution in [3.05, 3.63) is 35.4 Å². The Morgan fingerprint density at radius 1 is 1.26 bits per heavy atom. The van der Waals surface area contributed by atoms with Crippen LogP contribution in [0.3, 0.4) is 0 Å². The first kappa shape index (κ1) is 13.1. The van der Waals surface area contributed by atoms with Crippen LogP contribution in [0.1, 0.15) is 24.5 Å². The number of rotatable bonds is 4. The lowest BCUT2D eigenvalue weighted by molar-refractivity contribution is 0.105. The molecule has 0 aromatic heterocycles. The molecule has 1 saturated heterocycles. The van der Waals surface area contributed by atoms with Crippen molar-refractivity contribution in [2.24, 2.45) is 5.92 Å². The maximum Gasteiger partial charge on any atom is 0.0588 e. The topological polar surface area (TPSA) is 33.3 Å². The van der Waals surface area contributed by atoms with Crippen LogP contribution in [0.5, 0.6) is 0 Å². The SMILES string of the molecule is CC1OCCC1CNCC1Cc2ccccc2CN1. The van der Waals surface area contributed by atoms with Gasteiger partial charge in [0.05, 0.1) is 6.10 Å². The van der Waals surface area contributed by atoms with Gasteiger partial charge in [0.2, 0.25) is 0 Å². The number of fused-ring (bicyclic) bond motifs is 1. The highest BCUT2D eigenvalue weighted by Gasteiger charge is 2.24. The molecule has 2 heterocycles. The fourth-order valence-corrected chi connectivity index (χ4v) is 3.15. The summed E-state index contributed by atoms with van der Waals surface area (Å²) in [6.07, 6.45) is 2.77. The third-order valence-electron chi connectivity index (χ3n) is 4.50. The van der Waals surface area contributed by atoms with Crippen LogP contribution >= 0.6 is 0 Å². The van der Waals surface area contributed by atoms with Crippen LogP contribution in [0.15, 0.2) is 24.3 Å². The van der Waals surface area contributed by atoms with Crippen molar-refractivity contribution in [2.45, 2.75) is 38.5 Å². The Labute approximate surface area is 115 Å². The third-order valence-corrected chi connectivity index (χ3v) is 4.50. The van der Waals surface area contributed by atoms with Gasteiger partial charge in [-0.05, 0) is 36.8 Å². The number of nitrogens with one attached hydrogen (secondary N) is 2. The molecule has 0 bridgehead atoms. The lowest BCUT2D eigenvalue weighted by Gasteiger charge is -2.27. The Morgan fingerprint density at radius 2 is 2.11 bits per heavy atom. The van der Waals surface area contributed by atoms with E-state index in [-0.39, 0.29) is 0 Å². The zero-order chi connectivity index (χ0) is 13.1. The second kappa shape index (κ2) is 6.04. The smallest absolute Gasteiger partial charge is 0.0588 e. The molecule has 104 valence electrons. The van der Waals surface area contributed by atoms with E-state index in [0.29, 0.717) is 18.1 Å². The molecule has 1 fully saturated rings. The van der Waals surface area contributed by atoms with Gasteiger partial charge in [-0.1, -0.05) is 24.3 Å². The summed E-state index contributed by atoms with van der Waals surface area (Å²) in [5.41, 5.74) is 2.96. The van der Waals surface area contributed by atoms with E-state index < -0.39 is 0 Å². The normalized spacial score (nSPS) is 30.3. The predicted molar refractivity (Wildman–Crippen MR) is 77.2 cm³/mol. The summed E-state index contributed by atoms with van der Waals surface area (Å²) in [6, 6.07) is 9.32. The molecule has 3 unspecified atom stereocenters. The zero-order valence-electron chi connectivity index (χ0n) is 11.7. The van der Waals surface area contributed by atoms with Crippen molar-refractivity contribution in [1.82, 2.24) is 10.6 Å². The molecule has 19 heavy (non-hydrogen) atoms. The first-order valence-electron chi connectivity index (χ1n) is 7.45. The van der Waals surface area contributed by atoms with Gasteiger partial charge in [-0.25, -0.2) is 0 Å². The standard InChI is InChI=1S/C16H24N2O/c1-12-14(6-7-19-12)9-17-11-16-8-13-4-2-3-5-15(13)10-18-16/h2-5,12,14,16-18H,6-11H2,1H3. The Hall–Kier alpha value is -0.900. The molecule has 3 rings (SSSR count). The Morgan fingerprint density at radius 3 is 2.89 bits per heavy atom. The molecule has 3 atom stereocenters. The molecule has 0 aliphatic carbocycles. The van der Waals surface area contributed by atoms with Gasteiger partial charge < -0.3 is 15.4 Å². The second-order valence-electron chi connectivity index (χ2n) is 5.83. The first-order chi connectivity index (χ1) is 9.33. The van der Waals surface area contributed by atoms with Gasteiger partial charge in [0.15, 0.2) is 0 Å². The van der Waals surface area contributed by atoms with E-state index in [1.165, 1.54) is 17.5 Å². The molecular weight excluding hydrogens is 236 g/mol. The quantitative estimate of drug-likeness (QED) is 0.865. The van der Waals surface area contributed by atoms with Crippen molar-refractivity contribution in [2.75, 3.05) is 19.7 Å². The minimum Gasteiger partial charge on any atom is -0.378 e. The minimum absolute atomic E-state index is 0.424. The maximum atomic E-state index is 5.60. The number of hydrogen-bond acceptors (Lipinski definition) is 3. The molecule has 2 aliphatic heterocycles. The van der Waals surface area contributed by atoms with Crippen molar-refractivity contribution >= 4 is 0 Å². The van der Waals surface area contributed by atoms with Crippen molar-refractivity contribution in [1.29, 1.82) is 0 Å². The molecular formula is C16H24N2O. The van der Waals surface area contributed by atoms with Gasteiger partial charge in [0, 0.05) is 32.3 Å². The van der Waals surface area contributed by atoms with Crippen molar-refractivity contribution < 1.29 is 4.74 Å². The second-order valence-corrected chi connectivity index (χ2v) is 5.83. The van der Waals surface area contributed by atoms with Crippen LogP contribution in [0.2, 0.25) is 0 Å². The molecule has 2 N–H and O–H groups in total. The summed E-state index contributed by atoms with van der Waals surface area (Å²) in [4.78, 5) is 0. The monoisotopic (exact) mass is 260 g/mol. The highest BCUT2D eigenvalue weighted by molar-refractivity contribution is 5.29. The van der Waals surface area contributed by atoms with E-state index in [2.05, 4.69) is 41.8 Å². The van der Waals surface area contributed by atoms with E-state index in [1.54, 1.807) is 0 Å². The number of hydrogen-bond donors (Lipinski definition) is 2. The summed E-state index contributed by atoms with van der Waals surface area (Å²) in [5, 5.41) is 7.23. The fraction of sp³-hybridized carbons (Fsp3) is 0.625. The van der Waals surface area contributed by atoms with Crippen LogP contribution in [0.25, 0.3) is 0 Å². The van der Waals surface area contributed by atoms with Crippen LogP contribution in [-0.2, 0) is 17.7 Å². The van der Waals surface area contributed by atoms with Gasteiger partial charge in [-0.3, -0.25) is 0 Å². The number of ether oxygens (including phenoxy) is 1. The average Bonchev–Trinajstić information content (AvgIpc) is 2.84. The molecule has 3 nitrogen and oxygen atoms in total. The molecule has 2 aliphatic rings. The maximum absolute atomic E-state index is 5.60. The van der Waals surface area contributed by atoms with Gasteiger partial charge in [-0.15, -0.1) is 0 Å². The van der Waals surface area contributed by atoms with E-state index in [9.17, 15) is 0 Å². The van der Waals surface area contributed by atoms with Crippen LogP contribution in [-0.4, -0.2) is 31.8 Å². The van der Waals surface area contributed by atoms with Crippen molar-refractivity contribution in [3.8, 4) is 0 Å². The lowest BCUT2D eigenvalue weighted by atomic mass is 9.95. The van der Waals surface area contributed by atoms with Gasteiger partial charge in [0.25, 0.3) is 0 Å². The largest absolute Gasteiger partial charge is 0.378 e. The minimum atomic E-state index is 0.424. The number of benzene rings is 1. The van der Waals surface area contributed by atoms with E-state index >= 15 is 0 Å². The zero-order valence-corrected chi connectivity index (χ0v) is 11.7. The Balaban J connectivity index is 1.45. The van der Waals surface area contributed by atoms with E-state index in [1.807, 2.05) is 0 Å². The first-order valence-corrected chi connectivity index (χ1v) is 7.45.